The maximum Gasteiger partial charge on any atom is 0.124 e. The molecule has 1 aliphatic rings. The number of hydrogen-bond acceptors (Lipinski definition) is 3. The van der Waals surface area contributed by atoms with Crippen molar-refractivity contribution >= 4 is 0 Å². The van der Waals surface area contributed by atoms with Crippen molar-refractivity contribution < 1.29 is 10.1 Å². The molecule has 21 heavy (non-hydrogen) atoms. The second kappa shape index (κ2) is 6.41. The fourth-order valence-electron chi connectivity index (χ4n) is 3.12. The number of nitrogens with one attached hydrogen (secondary N) is 1. The third kappa shape index (κ3) is 3.17. The molecule has 0 radical (unpaired) electrons. The molecule has 0 aliphatic heterocycles. The Morgan fingerprint density at radius 3 is 2.57 bits per heavy atom. The molecular weight excluding hydrogens is 264 g/mol. The highest BCUT2D eigenvalue weighted by atomic mass is 17.1. The van der Waals surface area contributed by atoms with Crippen LogP contribution in [0.25, 0.3) is 11.3 Å². The van der Waals surface area contributed by atoms with Crippen molar-refractivity contribution in [1.29, 1.82) is 0 Å². The highest BCUT2D eigenvalue weighted by Crippen LogP contribution is 2.33. The summed E-state index contributed by atoms with van der Waals surface area (Å²) in [7, 11) is 0. The normalized spacial score (nSPS) is 16.3. The molecule has 4 heteroatoms. The number of aromatic nitrogens is 2. The third-order valence-electron chi connectivity index (χ3n) is 4.32. The van der Waals surface area contributed by atoms with E-state index in [0.717, 1.165) is 22.8 Å². The van der Waals surface area contributed by atoms with E-state index in [1.54, 1.807) is 0 Å². The van der Waals surface area contributed by atoms with Crippen molar-refractivity contribution in [3.8, 4) is 11.3 Å². The molecule has 4 nitrogen and oxygen atoms in total. The van der Waals surface area contributed by atoms with E-state index in [2.05, 4.69) is 41.1 Å². The van der Waals surface area contributed by atoms with Crippen molar-refractivity contribution in [3.63, 3.8) is 0 Å². The molecule has 1 saturated carbocycles. The molecule has 0 spiro atoms. The van der Waals surface area contributed by atoms with Crippen LogP contribution in [-0.4, -0.2) is 15.2 Å². The van der Waals surface area contributed by atoms with Gasteiger partial charge in [0.25, 0.3) is 0 Å². The second-order valence-electron chi connectivity index (χ2n) is 5.92. The molecule has 0 unspecified atom stereocenters. The molecule has 1 aliphatic carbocycles. The zero-order chi connectivity index (χ0) is 14.7. The minimum Gasteiger partial charge on any atom is -0.343 e. The fourth-order valence-corrected chi connectivity index (χ4v) is 3.12. The maximum atomic E-state index is 8.81. The van der Waals surface area contributed by atoms with Crippen LogP contribution in [0.4, 0.5) is 0 Å². The Bertz CT molecular complexity index is 583. The number of hydrogen-bond donors (Lipinski definition) is 2. The van der Waals surface area contributed by atoms with Crippen molar-refractivity contribution in [2.75, 3.05) is 0 Å². The Balaban J connectivity index is 1.93. The molecule has 1 heterocycles. The SMILES string of the molecule is Cc1ccc(-c2nc(C3CCCCC3)[nH]c2COO)cc1. The maximum absolute atomic E-state index is 8.81. The van der Waals surface area contributed by atoms with E-state index < -0.39 is 0 Å². The van der Waals surface area contributed by atoms with Crippen LogP contribution in [0.5, 0.6) is 0 Å². The molecular formula is C17H22N2O2. The molecule has 3 rings (SSSR count). The first-order valence-electron chi connectivity index (χ1n) is 7.70. The molecule has 0 saturated heterocycles. The van der Waals surface area contributed by atoms with E-state index in [1.807, 2.05) is 0 Å². The number of aryl methyl sites for hydroxylation is 1. The summed E-state index contributed by atoms with van der Waals surface area (Å²) in [5.41, 5.74) is 4.03. The van der Waals surface area contributed by atoms with Crippen molar-refractivity contribution in [2.24, 2.45) is 0 Å². The minimum atomic E-state index is 0.142. The van der Waals surface area contributed by atoms with Crippen molar-refractivity contribution in [3.05, 3.63) is 41.3 Å². The quantitative estimate of drug-likeness (QED) is 0.646. The highest BCUT2D eigenvalue weighted by molar-refractivity contribution is 5.62. The second-order valence-corrected chi connectivity index (χ2v) is 5.92. The van der Waals surface area contributed by atoms with Gasteiger partial charge >= 0.3 is 0 Å². The van der Waals surface area contributed by atoms with Crippen molar-refractivity contribution in [2.45, 2.75) is 51.6 Å². The summed E-state index contributed by atoms with van der Waals surface area (Å²) in [5.74, 6) is 1.55. The van der Waals surface area contributed by atoms with Gasteiger partial charge in [0.2, 0.25) is 0 Å². The Labute approximate surface area is 125 Å². The lowest BCUT2D eigenvalue weighted by molar-refractivity contribution is -0.253. The lowest BCUT2D eigenvalue weighted by atomic mass is 9.89. The van der Waals surface area contributed by atoms with E-state index in [-0.39, 0.29) is 6.61 Å². The summed E-state index contributed by atoms with van der Waals surface area (Å²) >= 11 is 0. The Kier molecular flexibility index (Phi) is 4.36. The topological polar surface area (TPSA) is 58.1 Å². The lowest BCUT2D eigenvalue weighted by Crippen LogP contribution is -2.06. The van der Waals surface area contributed by atoms with Crippen LogP contribution in [0, 0.1) is 6.92 Å². The van der Waals surface area contributed by atoms with Crippen LogP contribution in [0.3, 0.4) is 0 Å². The lowest BCUT2D eigenvalue weighted by Gasteiger charge is -2.19. The first kappa shape index (κ1) is 14.3. The smallest absolute Gasteiger partial charge is 0.124 e. The van der Waals surface area contributed by atoms with Crippen LogP contribution in [0.1, 0.15) is 55.1 Å². The van der Waals surface area contributed by atoms with Gasteiger partial charge in [-0.1, -0.05) is 49.1 Å². The van der Waals surface area contributed by atoms with E-state index in [9.17, 15) is 0 Å². The Morgan fingerprint density at radius 2 is 1.90 bits per heavy atom. The third-order valence-corrected chi connectivity index (χ3v) is 4.32. The number of H-pyrrole nitrogens is 1. The minimum absolute atomic E-state index is 0.142. The Hall–Kier alpha value is -1.65. The van der Waals surface area contributed by atoms with Gasteiger partial charge in [0.1, 0.15) is 12.4 Å². The van der Waals surface area contributed by atoms with Gasteiger partial charge < -0.3 is 4.98 Å². The zero-order valence-corrected chi connectivity index (χ0v) is 12.4. The van der Waals surface area contributed by atoms with Gasteiger partial charge in [0.05, 0.1) is 11.4 Å². The predicted octanol–water partition coefficient (Wildman–Crippen LogP) is 4.42. The van der Waals surface area contributed by atoms with Crippen LogP contribution in [0.2, 0.25) is 0 Å². The summed E-state index contributed by atoms with van der Waals surface area (Å²) in [4.78, 5) is 12.5. The molecule has 0 amide bonds. The standard InChI is InChI=1S/C17H22N2O2/c1-12-7-9-13(10-8-12)16-15(11-21-20)18-17(19-16)14-5-3-2-4-6-14/h7-10,14,20H,2-6,11H2,1H3,(H,18,19). The summed E-state index contributed by atoms with van der Waals surface area (Å²) in [6.45, 7) is 2.21. The summed E-state index contributed by atoms with van der Waals surface area (Å²) < 4.78 is 0. The van der Waals surface area contributed by atoms with Gasteiger partial charge in [-0.05, 0) is 19.8 Å². The molecule has 1 aromatic heterocycles. The average Bonchev–Trinajstić information content (AvgIpc) is 2.93. The van der Waals surface area contributed by atoms with Crippen LogP contribution >= 0.6 is 0 Å². The van der Waals surface area contributed by atoms with Crippen LogP contribution < -0.4 is 0 Å². The molecule has 112 valence electrons. The Morgan fingerprint density at radius 1 is 1.19 bits per heavy atom. The highest BCUT2D eigenvalue weighted by Gasteiger charge is 2.21. The summed E-state index contributed by atoms with van der Waals surface area (Å²) in [5, 5.41) is 8.81. The monoisotopic (exact) mass is 286 g/mol. The van der Waals surface area contributed by atoms with E-state index in [0.29, 0.717) is 5.92 Å². The van der Waals surface area contributed by atoms with Gasteiger partial charge in [-0.15, -0.1) is 0 Å². The molecule has 2 N–H and O–H groups in total. The molecule has 0 atom stereocenters. The number of benzene rings is 1. The number of imidazole rings is 1. The molecule has 1 fully saturated rings. The van der Waals surface area contributed by atoms with Gasteiger partial charge in [-0.25, -0.2) is 9.87 Å². The first-order chi connectivity index (χ1) is 10.3. The number of aromatic amines is 1. The van der Waals surface area contributed by atoms with Gasteiger partial charge in [-0.3, -0.25) is 5.26 Å². The average molecular weight is 286 g/mol. The van der Waals surface area contributed by atoms with Crippen LogP contribution in [0.15, 0.2) is 24.3 Å². The van der Waals surface area contributed by atoms with E-state index >= 15 is 0 Å². The van der Waals surface area contributed by atoms with Gasteiger partial charge in [0, 0.05) is 11.5 Å². The predicted molar refractivity (Wildman–Crippen MR) is 82.0 cm³/mol. The molecule has 0 bridgehead atoms. The zero-order valence-electron chi connectivity index (χ0n) is 12.4. The number of rotatable bonds is 4. The van der Waals surface area contributed by atoms with Gasteiger partial charge in [0.15, 0.2) is 0 Å². The first-order valence-corrected chi connectivity index (χ1v) is 7.70. The fraction of sp³-hybridized carbons (Fsp3) is 0.471. The largest absolute Gasteiger partial charge is 0.343 e. The molecule has 1 aromatic carbocycles. The number of nitrogens with zero attached hydrogens (tertiary/aromatic N) is 1. The summed E-state index contributed by atoms with van der Waals surface area (Å²) in [6, 6.07) is 8.29. The van der Waals surface area contributed by atoms with Crippen LogP contribution in [-0.2, 0) is 11.5 Å². The van der Waals surface area contributed by atoms with Gasteiger partial charge in [-0.2, -0.15) is 0 Å². The van der Waals surface area contributed by atoms with E-state index in [4.69, 9.17) is 10.2 Å². The summed E-state index contributed by atoms with van der Waals surface area (Å²) in [6.07, 6.45) is 6.27. The van der Waals surface area contributed by atoms with E-state index in [1.165, 1.54) is 37.7 Å². The molecule has 2 aromatic rings. The van der Waals surface area contributed by atoms with Crippen molar-refractivity contribution in [1.82, 2.24) is 9.97 Å².